The normalized spacial score (nSPS) is 31.8. The monoisotopic (exact) mass is 210 g/mol. The second-order valence-electron chi connectivity index (χ2n) is 4.29. The van der Waals surface area contributed by atoms with Crippen LogP contribution in [0.2, 0.25) is 0 Å². The van der Waals surface area contributed by atoms with E-state index < -0.39 is 5.60 Å². The van der Waals surface area contributed by atoms with Gasteiger partial charge in [-0.3, -0.25) is 4.68 Å². The summed E-state index contributed by atoms with van der Waals surface area (Å²) in [6, 6.07) is 0. The molecule has 0 saturated carbocycles. The van der Waals surface area contributed by atoms with Gasteiger partial charge in [-0.05, 0) is 6.42 Å². The minimum absolute atomic E-state index is 0.170. The molecule has 0 radical (unpaired) electrons. The standard InChI is InChI=1S/C11H18N2O2/c1-3-10-6-11(14,4-5-15-10)9-7-12-13(2)8-9/h7-8,10,14H,3-6H2,1-2H3. The maximum atomic E-state index is 10.5. The summed E-state index contributed by atoms with van der Waals surface area (Å²) in [7, 11) is 1.86. The molecular weight excluding hydrogens is 192 g/mol. The van der Waals surface area contributed by atoms with Gasteiger partial charge < -0.3 is 9.84 Å². The summed E-state index contributed by atoms with van der Waals surface area (Å²) >= 11 is 0. The smallest absolute Gasteiger partial charge is 0.0973 e. The van der Waals surface area contributed by atoms with Crippen molar-refractivity contribution in [1.82, 2.24) is 9.78 Å². The molecule has 0 amide bonds. The number of ether oxygens (including phenoxy) is 1. The van der Waals surface area contributed by atoms with Crippen LogP contribution in [-0.2, 0) is 17.4 Å². The number of hydrogen-bond donors (Lipinski definition) is 1. The summed E-state index contributed by atoms with van der Waals surface area (Å²) in [5.74, 6) is 0. The summed E-state index contributed by atoms with van der Waals surface area (Å²) in [6.07, 6.45) is 6.09. The fourth-order valence-corrected chi connectivity index (χ4v) is 2.12. The van der Waals surface area contributed by atoms with E-state index in [0.717, 1.165) is 12.0 Å². The highest BCUT2D eigenvalue weighted by Gasteiger charge is 2.36. The van der Waals surface area contributed by atoms with Crippen LogP contribution in [0, 0.1) is 0 Å². The molecule has 4 nitrogen and oxygen atoms in total. The molecule has 0 aliphatic carbocycles. The summed E-state index contributed by atoms with van der Waals surface area (Å²) in [4.78, 5) is 0. The molecule has 1 aliphatic heterocycles. The third-order valence-corrected chi connectivity index (χ3v) is 3.13. The summed E-state index contributed by atoms with van der Waals surface area (Å²) in [6.45, 7) is 2.71. The van der Waals surface area contributed by atoms with Crippen molar-refractivity contribution in [2.45, 2.75) is 37.9 Å². The largest absolute Gasteiger partial charge is 0.385 e. The van der Waals surface area contributed by atoms with Crippen LogP contribution in [0.5, 0.6) is 0 Å². The highest BCUT2D eigenvalue weighted by molar-refractivity contribution is 5.16. The molecule has 2 heterocycles. The maximum absolute atomic E-state index is 10.5. The molecule has 2 rings (SSSR count). The van der Waals surface area contributed by atoms with Gasteiger partial charge in [0.15, 0.2) is 0 Å². The molecule has 1 aliphatic rings. The third kappa shape index (κ3) is 2.06. The first-order chi connectivity index (χ1) is 7.14. The Balaban J connectivity index is 2.18. The molecule has 1 N–H and O–H groups in total. The van der Waals surface area contributed by atoms with Gasteiger partial charge in [0, 0.05) is 31.6 Å². The first-order valence-electron chi connectivity index (χ1n) is 5.47. The van der Waals surface area contributed by atoms with E-state index in [1.807, 2.05) is 13.2 Å². The lowest BCUT2D eigenvalue weighted by molar-refractivity contribution is -0.108. The highest BCUT2D eigenvalue weighted by atomic mass is 16.5. The van der Waals surface area contributed by atoms with Gasteiger partial charge in [0.1, 0.15) is 0 Å². The molecule has 1 fully saturated rings. The van der Waals surface area contributed by atoms with Crippen molar-refractivity contribution in [3.8, 4) is 0 Å². The Morgan fingerprint density at radius 3 is 3.13 bits per heavy atom. The van der Waals surface area contributed by atoms with Gasteiger partial charge in [0.2, 0.25) is 0 Å². The van der Waals surface area contributed by atoms with Crippen LogP contribution >= 0.6 is 0 Å². The van der Waals surface area contributed by atoms with Gasteiger partial charge in [-0.1, -0.05) is 6.92 Å². The van der Waals surface area contributed by atoms with Crippen molar-refractivity contribution >= 4 is 0 Å². The Bertz CT molecular complexity index is 337. The van der Waals surface area contributed by atoms with Crippen LogP contribution in [0.15, 0.2) is 12.4 Å². The third-order valence-electron chi connectivity index (χ3n) is 3.13. The lowest BCUT2D eigenvalue weighted by Gasteiger charge is -2.36. The summed E-state index contributed by atoms with van der Waals surface area (Å²) < 4.78 is 7.29. The van der Waals surface area contributed by atoms with Crippen LogP contribution in [-0.4, -0.2) is 27.6 Å². The van der Waals surface area contributed by atoms with E-state index >= 15 is 0 Å². The molecule has 0 aromatic carbocycles. The van der Waals surface area contributed by atoms with Gasteiger partial charge in [-0.2, -0.15) is 5.10 Å². The molecule has 2 atom stereocenters. The van der Waals surface area contributed by atoms with E-state index in [2.05, 4.69) is 12.0 Å². The van der Waals surface area contributed by atoms with Crippen LogP contribution in [0.3, 0.4) is 0 Å². The Kier molecular flexibility index (Phi) is 2.80. The molecular formula is C11H18N2O2. The van der Waals surface area contributed by atoms with Gasteiger partial charge >= 0.3 is 0 Å². The zero-order chi connectivity index (χ0) is 10.9. The average Bonchev–Trinajstić information content (AvgIpc) is 2.65. The predicted octanol–water partition coefficient (Wildman–Crippen LogP) is 1.20. The fraction of sp³-hybridized carbons (Fsp3) is 0.727. The summed E-state index contributed by atoms with van der Waals surface area (Å²) in [5.41, 5.74) is 0.166. The van der Waals surface area contributed by atoms with Gasteiger partial charge in [-0.15, -0.1) is 0 Å². The highest BCUT2D eigenvalue weighted by Crippen LogP contribution is 2.35. The van der Waals surface area contributed by atoms with Crippen molar-refractivity contribution in [1.29, 1.82) is 0 Å². The summed E-state index contributed by atoms with van der Waals surface area (Å²) in [5, 5.41) is 14.6. The van der Waals surface area contributed by atoms with E-state index in [-0.39, 0.29) is 6.10 Å². The van der Waals surface area contributed by atoms with E-state index in [4.69, 9.17) is 4.74 Å². The Hall–Kier alpha value is -0.870. The van der Waals surface area contributed by atoms with Crippen LogP contribution in [0.1, 0.15) is 31.7 Å². The van der Waals surface area contributed by atoms with Crippen molar-refractivity contribution in [3.05, 3.63) is 18.0 Å². The van der Waals surface area contributed by atoms with Gasteiger partial charge in [-0.25, -0.2) is 0 Å². The van der Waals surface area contributed by atoms with Gasteiger partial charge in [0.05, 0.1) is 24.5 Å². The average molecular weight is 210 g/mol. The first-order valence-corrected chi connectivity index (χ1v) is 5.47. The number of hydrogen-bond acceptors (Lipinski definition) is 3. The maximum Gasteiger partial charge on any atom is 0.0973 e. The minimum Gasteiger partial charge on any atom is -0.385 e. The number of aliphatic hydroxyl groups is 1. The Labute approximate surface area is 89.9 Å². The first kappa shape index (κ1) is 10.6. The second kappa shape index (κ2) is 3.94. The van der Waals surface area contributed by atoms with Gasteiger partial charge in [0.25, 0.3) is 0 Å². The fourth-order valence-electron chi connectivity index (χ4n) is 2.12. The molecule has 0 bridgehead atoms. The molecule has 1 saturated heterocycles. The zero-order valence-electron chi connectivity index (χ0n) is 9.31. The molecule has 4 heteroatoms. The zero-order valence-corrected chi connectivity index (χ0v) is 9.31. The van der Waals surface area contributed by atoms with Crippen molar-refractivity contribution in [2.24, 2.45) is 7.05 Å². The van der Waals surface area contributed by atoms with E-state index in [0.29, 0.717) is 19.4 Å². The number of aromatic nitrogens is 2. The molecule has 1 aromatic rings. The molecule has 1 aromatic heterocycles. The SMILES string of the molecule is CCC1CC(O)(c2cnn(C)c2)CCO1. The lowest BCUT2D eigenvalue weighted by atomic mass is 9.85. The van der Waals surface area contributed by atoms with E-state index in [1.54, 1.807) is 10.9 Å². The molecule has 15 heavy (non-hydrogen) atoms. The minimum atomic E-state index is -0.743. The molecule has 0 spiro atoms. The van der Waals surface area contributed by atoms with E-state index in [1.165, 1.54) is 0 Å². The second-order valence-corrected chi connectivity index (χ2v) is 4.29. The quantitative estimate of drug-likeness (QED) is 0.797. The Morgan fingerprint density at radius 2 is 2.53 bits per heavy atom. The van der Waals surface area contributed by atoms with Crippen molar-refractivity contribution in [2.75, 3.05) is 6.61 Å². The number of rotatable bonds is 2. The van der Waals surface area contributed by atoms with Crippen LogP contribution in [0.4, 0.5) is 0 Å². The van der Waals surface area contributed by atoms with E-state index in [9.17, 15) is 5.11 Å². The predicted molar refractivity (Wildman–Crippen MR) is 56.4 cm³/mol. The Morgan fingerprint density at radius 1 is 1.73 bits per heavy atom. The van der Waals surface area contributed by atoms with Crippen molar-refractivity contribution < 1.29 is 9.84 Å². The van der Waals surface area contributed by atoms with Crippen LogP contribution in [0.25, 0.3) is 0 Å². The topological polar surface area (TPSA) is 47.3 Å². The number of aryl methyl sites for hydroxylation is 1. The number of nitrogens with zero attached hydrogens (tertiary/aromatic N) is 2. The van der Waals surface area contributed by atoms with Crippen molar-refractivity contribution in [3.63, 3.8) is 0 Å². The molecule has 2 unspecified atom stereocenters. The van der Waals surface area contributed by atoms with Crippen LogP contribution < -0.4 is 0 Å². The lowest BCUT2D eigenvalue weighted by Crippen LogP contribution is -2.38. The molecule has 84 valence electrons.